The molecule has 30 heavy (non-hydrogen) atoms. The van der Waals surface area contributed by atoms with Crippen molar-refractivity contribution >= 4 is 45.9 Å². The van der Waals surface area contributed by atoms with Gasteiger partial charge in [0.15, 0.2) is 5.16 Å². The zero-order valence-electron chi connectivity index (χ0n) is 15.9. The maximum Gasteiger partial charge on any atom is 0.266 e. The van der Waals surface area contributed by atoms with Crippen LogP contribution in [0.2, 0.25) is 5.02 Å². The first-order chi connectivity index (χ1) is 14.6. The third kappa shape index (κ3) is 4.40. The number of carbonyl (C=O) groups excluding carboxylic acids is 1. The molecule has 0 aliphatic heterocycles. The van der Waals surface area contributed by atoms with Gasteiger partial charge in [0.05, 0.1) is 21.6 Å². The molecule has 4 rings (SSSR count). The summed E-state index contributed by atoms with van der Waals surface area (Å²) in [5.41, 5.74) is 1.75. The number of anilines is 1. The molecular formula is C23H18ClN3O2S. The van der Waals surface area contributed by atoms with Crippen molar-refractivity contribution in [3.63, 3.8) is 0 Å². The van der Waals surface area contributed by atoms with E-state index in [0.29, 0.717) is 32.5 Å². The van der Waals surface area contributed by atoms with E-state index in [1.807, 2.05) is 54.6 Å². The molecule has 3 aromatic carbocycles. The monoisotopic (exact) mass is 435 g/mol. The average molecular weight is 436 g/mol. The van der Waals surface area contributed by atoms with Crippen LogP contribution in [0.4, 0.5) is 5.69 Å². The maximum atomic E-state index is 13.2. The number of rotatable bonds is 6. The summed E-state index contributed by atoms with van der Waals surface area (Å²) in [6.45, 7) is 0. The second-order valence-electron chi connectivity index (χ2n) is 6.52. The number of carbonyl (C=O) groups is 1. The smallest absolute Gasteiger partial charge is 0.266 e. The molecular weight excluding hydrogens is 418 g/mol. The first-order valence-corrected chi connectivity index (χ1v) is 10.7. The Hall–Kier alpha value is -3.09. The Morgan fingerprint density at radius 2 is 1.67 bits per heavy atom. The summed E-state index contributed by atoms with van der Waals surface area (Å²) in [5, 5.41) is 4.34. The predicted molar refractivity (Wildman–Crippen MR) is 123 cm³/mol. The van der Waals surface area contributed by atoms with Crippen LogP contribution in [-0.2, 0) is 4.79 Å². The number of benzene rings is 3. The summed E-state index contributed by atoms with van der Waals surface area (Å²) < 4.78 is 1.52. The Kier molecular flexibility index (Phi) is 6.16. The van der Waals surface area contributed by atoms with E-state index in [1.165, 1.54) is 16.3 Å². The molecule has 0 saturated heterocycles. The fourth-order valence-electron chi connectivity index (χ4n) is 3.03. The van der Waals surface area contributed by atoms with Crippen LogP contribution in [0.3, 0.4) is 0 Å². The zero-order chi connectivity index (χ0) is 20.9. The minimum absolute atomic E-state index is 0.0962. The Labute approximate surface area is 182 Å². The number of aromatic nitrogens is 2. The van der Waals surface area contributed by atoms with Crippen LogP contribution in [0, 0.1) is 0 Å². The second kappa shape index (κ2) is 9.15. The van der Waals surface area contributed by atoms with Crippen molar-refractivity contribution < 1.29 is 4.79 Å². The van der Waals surface area contributed by atoms with Crippen molar-refractivity contribution in [2.24, 2.45) is 0 Å². The zero-order valence-corrected chi connectivity index (χ0v) is 17.5. The molecule has 1 amide bonds. The molecule has 0 fully saturated rings. The molecule has 0 aliphatic carbocycles. The normalized spacial score (nSPS) is 10.8. The minimum atomic E-state index is -0.190. The van der Waals surface area contributed by atoms with Gasteiger partial charge < -0.3 is 5.32 Å². The number of amides is 1. The highest BCUT2D eigenvalue weighted by Gasteiger charge is 2.15. The van der Waals surface area contributed by atoms with Gasteiger partial charge in [-0.25, -0.2) is 4.98 Å². The lowest BCUT2D eigenvalue weighted by atomic mass is 10.2. The van der Waals surface area contributed by atoms with E-state index in [1.54, 1.807) is 24.3 Å². The van der Waals surface area contributed by atoms with Gasteiger partial charge in [-0.15, -0.1) is 0 Å². The highest BCUT2D eigenvalue weighted by atomic mass is 35.5. The molecule has 1 aromatic heterocycles. The van der Waals surface area contributed by atoms with Crippen LogP contribution < -0.4 is 10.9 Å². The summed E-state index contributed by atoms with van der Waals surface area (Å²) in [5.74, 6) is 0.370. The van der Waals surface area contributed by atoms with E-state index in [2.05, 4.69) is 10.3 Å². The van der Waals surface area contributed by atoms with Crippen molar-refractivity contribution in [1.82, 2.24) is 9.55 Å². The number of nitrogens with one attached hydrogen (secondary N) is 1. The summed E-state index contributed by atoms with van der Waals surface area (Å²) in [6, 6.07) is 23.7. The van der Waals surface area contributed by atoms with Crippen LogP contribution in [0.25, 0.3) is 16.6 Å². The minimum Gasteiger partial charge on any atom is -0.326 e. The molecule has 0 saturated carbocycles. The Morgan fingerprint density at radius 3 is 2.47 bits per heavy atom. The quantitative estimate of drug-likeness (QED) is 0.335. The molecule has 5 nitrogen and oxygen atoms in total. The molecule has 0 aliphatic rings. The standard InChI is InChI=1S/C23H18ClN3O2S/c24-18-11-5-7-13-20(18)27-22(29)17-10-4-6-12-19(17)26-23(27)30-15-14-21(28)25-16-8-2-1-3-9-16/h1-13H,14-15H2,(H,25,28). The lowest BCUT2D eigenvalue weighted by Crippen LogP contribution is -2.22. The van der Waals surface area contributed by atoms with Gasteiger partial charge in [0.2, 0.25) is 5.91 Å². The highest BCUT2D eigenvalue weighted by Crippen LogP contribution is 2.26. The van der Waals surface area contributed by atoms with Crippen molar-refractivity contribution in [1.29, 1.82) is 0 Å². The van der Waals surface area contributed by atoms with Gasteiger partial charge in [-0.05, 0) is 36.4 Å². The number of nitrogens with zero attached hydrogens (tertiary/aromatic N) is 2. The topological polar surface area (TPSA) is 64.0 Å². The third-order valence-corrected chi connectivity index (χ3v) is 5.72. The van der Waals surface area contributed by atoms with Gasteiger partial charge in [0, 0.05) is 17.9 Å². The van der Waals surface area contributed by atoms with E-state index >= 15 is 0 Å². The fraction of sp³-hybridized carbons (Fsp3) is 0.0870. The van der Waals surface area contributed by atoms with E-state index in [0.717, 1.165) is 5.69 Å². The van der Waals surface area contributed by atoms with Crippen LogP contribution in [-0.4, -0.2) is 21.2 Å². The molecule has 0 unspecified atom stereocenters. The molecule has 0 atom stereocenters. The van der Waals surface area contributed by atoms with E-state index in [4.69, 9.17) is 11.6 Å². The average Bonchev–Trinajstić information content (AvgIpc) is 2.76. The van der Waals surface area contributed by atoms with Crippen molar-refractivity contribution in [3.05, 3.63) is 94.2 Å². The number of halogens is 1. The van der Waals surface area contributed by atoms with Gasteiger partial charge in [-0.3, -0.25) is 14.2 Å². The lowest BCUT2D eigenvalue weighted by molar-refractivity contribution is -0.115. The molecule has 0 spiro atoms. The summed E-state index contributed by atoms with van der Waals surface area (Å²) >= 11 is 7.72. The SMILES string of the molecule is O=C(CCSc1nc2ccccc2c(=O)n1-c1ccccc1Cl)Nc1ccccc1. The summed E-state index contributed by atoms with van der Waals surface area (Å²) in [7, 11) is 0. The van der Waals surface area contributed by atoms with Gasteiger partial charge in [-0.1, -0.05) is 65.8 Å². The number of hydrogen-bond donors (Lipinski definition) is 1. The predicted octanol–water partition coefficient (Wildman–Crippen LogP) is 5.16. The first kappa shape index (κ1) is 20.2. The van der Waals surface area contributed by atoms with Crippen LogP contribution >= 0.6 is 23.4 Å². The Balaban J connectivity index is 1.61. The second-order valence-corrected chi connectivity index (χ2v) is 7.99. The van der Waals surface area contributed by atoms with Gasteiger partial charge in [0.25, 0.3) is 5.56 Å². The highest BCUT2D eigenvalue weighted by molar-refractivity contribution is 7.99. The van der Waals surface area contributed by atoms with Crippen LogP contribution in [0.5, 0.6) is 0 Å². The van der Waals surface area contributed by atoms with E-state index in [9.17, 15) is 9.59 Å². The summed E-state index contributed by atoms with van der Waals surface area (Å²) in [4.78, 5) is 30.1. The van der Waals surface area contributed by atoms with Crippen molar-refractivity contribution in [3.8, 4) is 5.69 Å². The number of fused-ring (bicyclic) bond motifs is 1. The van der Waals surface area contributed by atoms with E-state index in [-0.39, 0.29) is 17.9 Å². The van der Waals surface area contributed by atoms with Gasteiger partial charge in [0.1, 0.15) is 0 Å². The molecule has 1 heterocycles. The van der Waals surface area contributed by atoms with Crippen molar-refractivity contribution in [2.75, 3.05) is 11.1 Å². The molecule has 1 N–H and O–H groups in total. The third-order valence-electron chi connectivity index (χ3n) is 4.46. The van der Waals surface area contributed by atoms with E-state index < -0.39 is 0 Å². The Bertz CT molecular complexity index is 1260. The summed E-state index contributed by atoms with van der Waals surface area (Å²) in [6.07, 6.45) is 0.283. The molecule has 0 bridgehead atoms. The largest absolute Gasteiger partial charge is 0.326 e. The molecule has 7 heteroatoms. The number of hydrogen-bond acceptors (Lipinski definition) is 4. The van der Waals surface area contributed by atoms with Crippen molar-refractivity contribution in [2.45, 2.75) is 11.6 Å². The molecule has 4 aromatic rings. The van der Waals surface area contributed by atoms with Gasteiger partial charge >= 0.3 is 0 Å². The van der Waals surface area contributed by atoms with Crippen LogP contribution in [0.1, 0.15) is 6.42 Å². The Morgan fingerprint density at radius 1 is 0.967 bits per heavy atom. The molecule has 0 radical (unpaired) electrons. The molecule has 150 valence electrons. The number of thioether (sulfide) groups is 1. The first-order valence-electron chi connectivity index (χ1n) is 9.38. The van der Waals surface area contributed by atoms with Crippen LogP contribution in [0.15, 0.2) is 88.8 Å². The number of para-hydroxylation sites is 3. The lowest BCUT2D eigenvalue weighted by Gasteiger charge is -2.14. The fourth-order valence-corrected chi connectivity index (χ4v) is 4.20. The van der Waals surface area contributed by atoms with Gasteiger partial charge in [-0.2, -0.15) is 0 Å². The maximum absolute atomic E-state index is 13.2.